The molecule has 0 aliphatic carbocycles. The average molecular weight is 398 g/mol. The van der Waals surface area contributed by atoms with Gasteiger partial charge in [0.05, 0.1) is 6.21 Å². The van der Waals surface area contributed by atoms with E-state index in [1.165, 1.54) is 11.8 Å². The van der Waals surface area contributed by atoms with Crippen LogP contribution in [0.2, 0.25) is 0 Å². The largest absolute Gasteiger partial charge is 0.489 e. The van der Waals surface area contributed by atoms with Gasteiger partial charge in [-0.05, 0) is 48.9 Å². The molecule has 0 bridgehead atoms. The number of ether oxygens (including phenoxy) is 2. The van der Waals surface area contributed by atoms with E-state index in [-0.39, 0.29) is 12.5 Å². The molecule has 0 heterocycles. The Morgan fingerprint density at radius 2 is 1.77 bits per heavy atom. The van der Waals surface area contributed by atoms with E-state index in [9.17, 15) is 4.79 Å². The molecular formula is C25H22N2O3. The zero-order valence-corrected chi connectivity index (χ0v) is 16.7. The van der Waals surface area contributed by atoms with E-state index in [4.69, 9.17) is 15.9 Å². The number of carbonyl (C=O) groups excluding carboxylic acids is 1. The molecule has 0 atom stereocenters. The molecule has 30 heavy (non-hydrogen) atoms. The molecule has 3 rings (SSSR count). The second kappa shape index (κ2) is 10.5. The molecule has 150 valence electrons. The number of terminal acetylenes is 1. The van der Waals surface area contributed by atoms with Crippen LogP contribution in [0.15, 0.2) is 77.9 Å². The van der Waals surface area contributed by atoms with Crippen molar-refractivity contribution < 1.29 is 14.3 Å². The van der Waals surface area contributed by atoms with Crippen LogP contribution in [0.25, 0.3) is 0 Å². The van der Waals surface area contributed by atoms with Crippen LogP contribution in [0.3, 0.4) is 0 Å². The first-order valence-electron chi connectivity index (χ1n) is 9.43. The van der Waals surface area contributed by atoms with Gasteiger partial charge in [0.15, 0.2) is 0 Å². The molecule has 0 saturated carbocycles. The summed E-state index contributed by atoms with van der Waals surface area (Å²) in [4.78, 5) is 12.3. The number of hydrazone groups is 1. The second-order valence-electron chi connectivity index (χ2n) is 6.53. The highest BCUT2D eigenvalue weighted by Crippen LogP contribution is 2.16. The minimum absolute atomic E-state index is 0.162. The maximum absolute atomic E-state index is 12.3. The molecule has 0 radical (unpaired) electrons. The van der Waals surface area contributed by atoms with Gasteiger partial charge in [0.25, 0.3) is 5.91 Å². The maximum Gasteiger partial charge on any atom is 0.271 e. The van der Waals surface area contributed by atoms with Crippen LogP contribution >= 0.6 is 0 Å². The van der Waals surface area contributed by atoms with Gasteiger partial charge in [-0.15, -0.1) is 6.42 Å². The van der Waals surface area contributed by atoms with Crippen molar-refractivity contribution in [3.8, 4) is 23.8 Å². The average Bonchev–Trinajstić information content (AvgIpc) is 2.78. The van der Waals surface area contributed by atoms with Gasteiger partial charge in [-0.2, -0.15) is 5.10 Å². The van der Waals surface area contributed by atoms with Crippen LogP contribution in [0.4, 0.5) is 0 Å². The lowest BCUT2D eigenvalue weighted by atomic mass is 10.2. The van der Waals surface area contributed by atoms with E-state index in [1.54, 1.807) is 30.3 Å². The summed E-state index contributed by atoms with van der Waals surface area (Å²) in [6.45, 7) is 2.68. The van der Waals surface area contributed by atoms with Crippen molar-refractivity contribution in [3.63, 3.8) is 0 Å². The quantitative estimate of drug-likeness (QED) is 0.349. The lowest BCUT2D eigenvalue weighted by molar-refractivity contribution is 0.0955. The number of hydrogen-bond donors (Lipinski definition) is 1. The van der Waals surface area contributed by atoms with E-state index in [0.29, 0.717) is 29.2 Å². The molecular weight excluding hydrogens is 376 g/mol. The Bertz CT molecular complexity index is 1050. The predicted molar refractivity (Wildman–Crippen MR) is 118 cm³/mol. The van der Waals surface area contributed by atoms with Gasteiger partial charge in [-0.1, -0.05) is 47.9 Å². The number of aryl methyl sites for hydroxylation is 1. The molecule has 3 aromatic carbocycles. The summed E-state index contributed by atoms with van der Waals surface area (Å²) in [6, 6.07) is 22.4. The molecule has 0 saturated heterocycles. The van der Waals surface area contributed by atoms with Gasteiger partial charge in [0, 0.05) is 11.1 Å². The Kier molecular flexibility index (Phi) is 7.23. The maximum atomic E-state index is 12.3. The second-order valence-corrected chi connectivity index (χ2v) is 6.53. The zero-order valence-electron chi connectivity index (χ0n) is 16.7. The fraction of sp³-hybridized carbons (Fsp3) is 0.120. The molecule has 3 aromatic rings. The zero-order chi connectivity index (χ0) is 21.2. The van der Waals surface area contributed by atoms with Crippen molar-refractivity contribution in [1.82, 2.24) is 5.43 Å². The van der Waals surface area contributed by atoms with E-state index in [2.05, 4.69) is 16.4 Å². The van der Waals surface area contributed by atoms with Crippen LogP contribution in [0.1, 0.15) is 27.0 Å². The lowest BCUT2D eigenvalue weighted by Gasteiger charge is -2.07. The smallest absolute Gasteiger partial charge is 0.271 e. The Labute approximate surface area is 176 Å². The highest BCUT2D eigenvalue weighted by molar-refractivity contribution is 5.95. The molecule has 5 nitrogen and oxygen atoms in total. The van der Waals surface area contributed by atoms with Crippen molar-refractivity contribution in [2.24, 2.45) is 5.10 Å². The predicted octanol–water partition coefficient (Wildman–Crippen LogP) is 4.35. The summed E-state index contributed by atoms with van der Waals surface area (Å²) in [7, 11) is 0. The van der Waals surface area contributed by atoms with Crippen LogP contribution in [0.5, 0.6) is 11.5 Å². The van der Waals surface area contributed by atoms with Crippen LogP contribution in [-0.4, -0.2) is 18.7 Å². The van der Waals surface area contributed by atoms with Gasteiger partial charge in [-0.25, -0.2) is 5.43 Å². The third kappa shape index (κ3) is 5.98. The Balaban J connectivity index is 1.54. The van der Waals surface area contributed by atoms with Crippen molar-refractivity contribution in [3.05, 3.63) is 95.1 Å². The molecule has 1 N–H and O–H groups in total. The van der Waals surface area contributed by atoms with Crippen molar-refractivity contribution in [2.75, 3.05) is 6.61 Å². The van der Waals surface area contributed by atoms with Crippen molar-refractivity contribution in [2.45, 2.75) is 13.5 Å². The topological polar surface area (TPSA) is 59.9 Å². The monoisotopic (exact) mass is 398 g/mol. The van der Waals surface area contributed by atoms with Gasteiger partial charge >= 0.3 is 0 Å². The highest BCUT2D eigenvalue weighted by Gasteiger charge is 2.05. The Hall–Kier alpha value is -4.04. The number of para-hydroxylation sites is 1. The van der Waals surface area contributed by atoms with Crippen molar-refractivity contribution >= 4 is 12.1 Å². The molecule has 1 amide bonds. The molecule has 0 spiro atoms. The number of hydrogen-bond acceptors (Lipinski definition) is 4. The first-order valence-corrected chi connectivity index (χ1v) is 9.43. The molecule has 0 aliphatic rings. The Morgan fingerprint density at radius 1 is 1.03 bits per heavy atom. The minimum atomic E-state index is -0.321. The van der Waals surface area contributed by atoms with E-state index < -0.39 is 0 Å². The Morgan fingerprint density at radius 3 is 2.50 bits per heavy atom. The number of rotatable bonds is 8. The van der Waals surface area contributed by atoms with Crippen molar-refractivity contribution in [1.29, 1.82) is 0 Å². The molecule has 0 aliphatic heterocycles. The number of benzene rings is 3. The summed E-state index contributed by atoms with van der Waals surface area (Å²) in [5, 5.41) is 4.00. The third-order valence-electron chi connectivity index (χ3n) is 4.24. The van der Waals surface area contributed by atoms with E-state index in [0.717, 1.165) is 5.56 Å². The summed E-state index contributed by atoms with van der Waals surface area (Å²) in [6.07, 6.45) is 6.74. The lowest BCUT2D eigenvalue weighted by Crippen LogP contribution is -2.17. The SMILES string of the molecule is C#CCOc1ccccc1/C=N\NC(=O)c1ccc(OCc2ccc(C)cc2)cc1. The summed E-state index contributed by atoms with van der Waals surface area (Å²) >= 11 is 0. The van der Waals surface area contributed by atoms with Gasteiger partial charge in [0.2, 0.25) is 0 Å². The molecule has 0 fully saturated rings. The van der Waals surface area contributed by atoms with Gasteiger partial charge < -0.3 is 9.47 Å². The fourth-order valence-corrected chi connectivity index (χ4v) is 2.62. The minimum Gasteiger partial charge on any atom is -0.489 e. The highest BCUT2D eigenvalue weighted by atomic mass is 16.5. The van der Waals surface area contributed by atoms with E-state index >= 15 is 0 Å². The van der Waals surface area contributed by atoms with Gasteiger partial charge in [-0.3, -0.25) is 4.79 Å². The van der Waals surface area contributed by atoms with E-state index in [1.807, 2.05) is 49.4 Å². The summed E-state index contributed by atoms with van der Waals surface area (Å²) in [5.74, 6) is 3.39. The number of amides is 1. The number of nitrogens with zero attached hydrogens (tertiary/aromatic N) is 1. The fourth-order valence-electron chi connectivity index (χ4n) is 2.62. The number of carbonyl (C=O) groups is 1. The number of nitrogens with one attached hydrogen (secondary N) is 1. The third-order valence-corrected chi connectivity index (χ3v) is 4.24. The van der Waals surface area contributed by atoms with Crippen LogP contribution < -0.4 is 14.9 Å². The summed E-state index contributed by atoms with van der Waals surface area (Å²) in [5.41, 5.74) is 6.00. The molecule has 5 heteroatoms. The van der Waals surface area contributed by atoms with Crippen LogP contribution in [0, 0.1) is 19.3 Å². The molecule has 0 aromatic heterocycles. The summed E-state index contributed by atoms with van der Waals surface area (Å²) < 4.78 is 11.2. The van der Waals surface area contributed by atoms with Crippen LogP contribution in [-0.2, 0) is 6.61 Å². The standard InChI is InChI=1S/C25H22N2O3/c1-3-16-29-24-7-5-4-6-22(24)17-26-27-25(28)21-12-14-23(15-13-21)30-18-20-10-8-19(2)9-11-20/h1,4-15,17H,16,18H2,2H3,(H,27,28)/b26-17-. The molecule has 0 unspecified atom stereocenters. The first-order chi connectivity index (χ1) is 14.7. The van der Waals surface area contributed by atoms with Gasteiger partial charge in [0.1, 0.15) is 24.7 Å². The first kappa shape index (κ1) is 20.7. The normalized spacial score (nSPS) is 10.4.